The van der Waals surface area contributed by atoms with Gasteiger partial charge in [0.25, 0.3) is 0 Å². The fourth-order valence-electron chi connectivity index (χ4n) is 0.179. The quantitative estimate of drug-likeness (QED) is 0.287. The van der Waals surface area contributed by atoms with Gasteiger partial charge in [-0.15, -0.1) is 0 Å². The van der Waals surface area contributed by atoms with Gasteiger partial charge in [-0.25, -0.2) is 0 Å². The molecule has 4 N–H and O–H groups in total. The van der Waals surface area contributed by atoms with Gasteiger partial charge in [-0.05, 0) is 0 Å². The minimum absolute atomic E-state index is 0.540. The molecule has 0 saturated carbocycles. The third-order valence-corrected chi connectivity index (χ3v) is 0.700. The summed E-state index contributed by atoms with van der Waals surface area (Å²) in [6, 6.07) is 0. The van der Waals surface area contributed by atoms with Gasteiger partial charge in [-0.2, -0.15) is 0 Å². The van der Waals surface area contributed by atoms with Gasteiger partial charge in [0.1, 0.15) is 0 Å². The van der Waals surface area contributed by atoms with Gasteiger partial charge in [0.2, 0.25) is 0 Å². The molecule has 0 radical (unpaired) electrons. The Morgan fingerprint density at radius 1 is 1.71 bits per heavy atom. The Hall–Kier alpha value is -0.0505. The first kappa shape index (κ1) is 6.95. The molecular weight excluding hydrogens is 157 g/mol. The van der Waals surface area contributed by atoms with Crippen molar-refractivity contribution in [3.8, 4) is 0 Å². The normalized spacial score (nSPS) is 12.0. The maximum absolute atomic E-state index is 5.15. The first-order valence-corrected chi connectivity index (χ1v) is 2.90. The summed E-state index contributed by atoms with van der Waals surface area (Å²) in [5, 5.41) is 0. The first-order valence-electron chi connectivity index (χ1n) is 1.96. The standard InChI is InChI=1S/C3H9N3Se/c4-1-2-6-3(5)7/h1-2,4H2,(H3,5,6,7). The molecule has 0 aromatic rings. The van der Waals surface area contributed by atoms with E-state index in [0.717, 1.165) is 0 Å². The van der Waals surface area contributed by atoms with Gasteiger partial charge in [-0.3, -0.25) is 0 Å². The number of nitrogens with two attached hydrogens (primary N) is 2. The van der Waals surface area contributed by atoms with Crippen LogP contribution >= 0.6 is 0 Å². The van der Waals surface area contributed by atoms with E-state index in [1.807, 2.05) is 0 Å². The summed E-state index contributed by atoms with van der Waals surface area (Å²) in [6.07, 6.45) is 0. The number of nitrogens with zero attached hydrogens (tertiary/aromatic N) is 1. The van der Waals surface area contributed by atoms with Crippen LogP contribution in [0.2, 0.25) is 0 Å². The molecule has 7 heavy (non-hydrogen) atoms. The van der Waals surface area contributed by atoms with E-state index < -0.39 is 0 Å². The van der Waals surface area contributed by atoms with Crippen molar-refractivity contribution in [2.24, 2.45) is 16.5 Å². The third-order valence-electron chi connectivity index (χ3n) is 0.403. The second-order valence-electron chi connectivity index (χ2n) is 1.03. The Bertz CT molecular complexity index is 66.6. The second kappa shape index (κ2) is 4.12. The molecule has 0 aliphatic heterocycles. The molecule has 0 heterocycles. The molecule has 0 amide bonds. The van der Waals surface area contributed by atoms with E-state index in [2.05, 4.69) is 21.0 Å². The van der Waals surface area contributed by atoms with Gasteiger partial charge in [0, 0.05) is 0 Å². The van der Waals surface area contributed by atoms with Crippen LogP contribution in [0.3, 0.4) is 0 Å². The number of rotatable bonds is 2. The summed E-state index contributed by atoms with van der Waals surface area (Å²) < 4.78 is 0.540. The van der Waals surface area contributed by atoms with Crippen LogP contribution in [0.25, 0.3) is 0 Å². The molecule has 42 valence electrons. The van der Waals surface area contributed by atoms with E-state index in [-0.39, 0.29) is 0 Å². The van der Waals surface area contributed by atoms with Crippen LogP contribution in [0, 0.1) is 0 Å². The van der Waals surface area contributed by atoms with Crippen LogP contribution in [0.5, 0.6) is 0 Å². The van der Waals surface area contributed by atoms with Crippen molar-refractivity contribution in [1.29, 1.82) is 0 Å². The zero-order valence-corrected chi connectivity index (χ0v) is 5.84. The van der Waals surface area contributed by atoms with E-state index in [9.17, 15) is 0 Å². The molecule has 0 aromatic heterocycles. The summed E-state index contributed by atoms with van der Waals surface area (Å²) in [5.74, 6) is 0. The van der Waals surface area contributed by atoms with Crippen LogP contribution in [-0.2, 0) is 0 Å². The summed E-state index contributed by atoms with van der Waals surface area (Å²) >= 11 is 2.15. The topological polar surface area (TPSA) is 64.4 Å². The van der Waals surface area contributed by atoms with Gasteiger partial charge in [0.05, 0.1) is 0 Å². The van der Waals surface area contributed by atoms with Gasteiger partial charge >= 0.3 is 50.3 Å². The molecule has 0 bridgehead atoms. The molecule has 0 unspecified atom stereocenters. The fraction of sp³-hybridized carbons (Fsp3) is 0.667. The zero-order chi connectivity index (χ0) is 5.70. The van der Waals surface area contributed by atoms with Crippen LogP contribution in [0.4, 0.5) is 0 Å². The van der Waals surface area contributed by atoms with Crippen LogP contribution in [0.15, 0.2) is 4.99 Å². The number of aliphatic imine (C=N–C) groups is 1. The van der Waals surface area contributed by atoms with E-state index in [4.69, 9.17) is 11.5 Å². The van der Waals surface area contributed by atoms with Crippen molar-refractivity contribution in [1.82, 2.24) is 0 Å². The van der Waals surface area contributed by atoms with Crippen LogP contribution < -0.4 is 11.5 Å². The van der Waals surface area contributed by atoms with Crippen molar-refractivity contribution in [3.05, 3.63) is 0 Å². The monoisotopic (exact) mass is 167 g/mol. The fourth-order valence-corrected chi connectivity index (χ4v) is 0.389. The SMILES string of the molecule is NCCN=C(N)[SeH]. The first-order chi connectivity index (χ1) is 3.27. The summed E-state index contributed by atoms with van der Waals surface area (Å²) in [5.41, 5.74) is 10.3. The molecule has 0 atom stereocenters. The number of hydrogen-bond acceptors (Lipinski definition) is 2. The second-order valence-corrected chi connectivity index (χ2v) is 1.99. The minimum atomic E-state index is 0.540. The Morgan fingerprint density at radius 3 is 2.43 bits per heavy atom. The average molecular weight is 166 g/mol. The van der Waals surface area contributed by atoms with Crippen LogP contribution in [0.1, 0.15) is 0 Å². The van der Waals surface area contributed by atoms with Crippen molar-refractivity contribution < 1.29 is 0 Å². The Morgan fingerprint density at radius 2 is 2.29 bits per heavy atom. The van der Waals surface area contributed by atoms with Crippen molar-refractivity contribution >= 4 is 20.7 Å². The summed E-state index contributed by atoms with van der Waals surface area (Å²) in [4.78, 5) is 3.78. The average Bonchev–Trinajstić information content (AvgIpc) is 1.61. The molecule has 0 spiro atoms. The van der Waals surface area contributed by atoms with Crippen molar-refractivity contribution in [2.45, 2.75) is 0 Å². The molecule has 0 saturated heterocycles. The molecule has 4 heteroatoms. The Kier molecular flexibility index (Phi) is 4.09. The Labute approximate surface area is 51.0 Å². The molecule has 0 aliphatic rings. The molecule has 3 nitrogen and oxygen atoms in total. The third kappa shape index (κ3) is 5.95. The summed E-state index contributed by atoms with van der Waals surface area (Å²) in [7, 11) is 0. The predicted octanol–water partition coefficient (Wildman–Crippen LogP) is -1.84. The van der Waals surface area contributed by atoms with E-state index in [1.165, 1.54) is 0 Å². The van der Waals surface area contributed by atoms with Gasteiger partial charge < -0.3 is 0 Å². The van der Waals surface area contributed by atoms with Crippen LogP contribution in [-0.4, -0.2) is 33.8 Å². The van der Waals surface area contributed by atoms with Crippen molar-refractivity contribution in [3.63, 3.8) is 0 Å². The zero-order valence-electron chi connectivity index (χ0n) is 3.96. The predicted molar refractivity (Wildman–Crippen MR) is 32.7 cm³/mol. The maximum atomic E-state index is 5.15. The molecule has 0 rings (SSSR count). The van der Waals surface area contributed by atoms with Crippen molar-refractivity contribution in [2.75, 3.05) is 13.1 Å². The number of amidine groups is 1. The Balaban J connectivity index is 3.08. The summed E-state index contributed by atoms with van der Waals surface area (Å²) in [6.45, 7) is 1.19. The van der Waals surface area contributed by atoms with E-state index in [0.29, 0.717) is 17.8 Å². The van der Waals surface area contributed by atoms with E-state index >= 15 is 0 Å². The molecule has 0 aliphatic carbocycles. The molecule has 0 aromatic carbocycles. The number of hydrogen-bond donors (Lipinski definition) is 2. The van der Waals surface area contributed by atoms with Gasteiger partial charge in [-0.1, -0.05) is 0 Å². The molecular formula is C3H9N3Se. The molecule has 0 fully saturated rings. The van der Waals surface area contributed by atoms with E-state index in [1.54, 1.807) is 0 Å². The van der Waals surface area contributed by atoms with Gasteiger partial charge in [0.15, 0.2) is 0 Å².